The Morgan fingerprint density at radius 1 is 1.08 bits per heavy atom. The van der Waals surface area contributed by atoms with Gasteiger partial charge in [-0.3, -0.25) is 4.79 Å². The van der Waals surface area contributed by atoms with Gasteiger partial charge in [0, 0.05) is 4.70 Å². The first-order chi connectivity index (χ1) is 12.1. The molecular weight excluding hydrogens is 338 g/mol. The van der Waals surface area contributed by atoms with Crippen molar-refractivity contribution in [2.75, 3.05) is 19.0 Å². The number of nitrogens with one attached hydrogen (secondary N) is 1. The van der Waals surface area contributed by atoms with Crippen molar-refractivity contribution >= 4 is 39.0 Å². The molecular formula is C19H17NO4S. The zero-order chi connectivity index (χ0) is 17.8. The maximum Gasteiger partial charge on any atom is 0.349 e. The van der Waals surface area contributed by atoms with E-state index in [0.29, 0.717) is 16.3 Å². The molecule has 3 rings (SSSR count). The van der Waals surface area contributed by atoms with Gasteiger partial charge in [-0.2, -0.15) is 0 Å². The van der Waals surface area contributed by atoms with Gasteiger partial charge in [-0.1, -0.05) is 30.3 Å². The number of fused-ring (bicyclic) bond motifs is 1. The summed E-state index contributed by atoms with van der Waals surface area (Å²) in [6.45, 7) is 1.52. The number of amides is 1. The predicted molar refractivity (Wildman–Crippen MR) is 98.5 cm³/mol. The Morgan fingerprint density at radius 3 is 2.56 bits per heavy atom. The second-order valence-corrected chi connectivity index (χ2v) is 6.43. The fourth-order valence-corrected chi connectivity index (χ4v) is 3.60. The van der Waals surface area contributed by atoms with Crippen LogP contribution in [-0.2, 0) is 9.53 Å². The maximum atomic E-state index is 12.3. The van der Waals surface area contributed by atoms with Gasteiger partial charge in [0.1, 0.15) is 10.6 Å². The quantitative estimate of drug-likeness (QED) is 0.702. The van der Waals surface area contributed by atoms with E-state index in [9.17, 15) is 9.59 Å². The van der Waals surface area contributed by atoms with Crippen LogP contribution >= 0.6 is 11.3 Å². The van der Waals surface area contributed by atoms with Crippen molar-refractivity contribution in [1.29, 1.82) is 0 Å². The zero-order valence-electron chi connectivity index (χ0n) is 13.9. The van der Waals surface area contributed by atoms with E-state index in [1.165, 1.54) is 18.4 Å². The molecule has 5 nitrogen and oxygen atoms in total. The van der Waals surface area contributed by atoms with Crippen molar-refractivity contribution in [3.8, 4) is 5.75 Å². The summed E-state index contributed by atoms with van der Waals surface area (Å²) in [5.41, 5.74) is 1.40. The molecule has 0 aliphatic carbocycles. The molecule has 0 spiro atoms. The summed E-state index contributed by atoms with van der Waals surface area (Å²) >= 11 is 1.37. The molecule has 1 N–H and O–H groups in total. The second kappa shape index (κ2) is 7.36. The first-order valence-electron chi connectivity index (χ1n) is 7.68. The lowest BCUT2D eigenvalue weighted by Crippen LogP contribution is -2.21. The molecule has 0 radical (unpaired) electrons. The average molecular weight is 355 g/mol. The molecule has 0 unspecified atom stereocenters. The minimum absolute atomic E-state index is 0.357. The molecule has 6 heteroatoms. The molecule has 1 heterocycles. The van der Waals surface area contributed by atoms with Crippen LogP contribution in [0, 0.1) is 6.92 Å². The highest BCUT2D eigenvalue weighted by Gasteiger charge is 2.18. The fraction of sp³-hybridized carbons (Fsp3) is 0.158. The molecule has 0 saturated heterocycles. The fourth-order valence-electron chi connectivity index (χ4n) is 2.50. The third-order valence-corrected chi connectivity index (χ3v) is 5.00. The van der Waals surface area contributed by atoms with Gasteiger partial charge in [0.2, 0.25) is 0 Å². The molecule has 25 heavy (non-hydrogen) atoms. The number of methoxy groups -OCH3 is 1. The first kappa shape index (κ1) is 17.0. The molecule has 3 aromatic rings. The van der Waals surface area contributed by atoms with Gasteiger partial charge < -0.3 is 14.8 Å². The number of anilines is 1. The molecule has 0 fully saturated rings. The molecule has 0 atom stereocenters. The van der Waals surface area contributed by atoms with Crippen LogP contribution in [0.3, 0.4) is 0 Å². The third-order valence-electron chi connectivity index (χ3n) is 3.74. The molecule has 2 aromatic carbocycles. The van der Waals surface area contributed by atoms with E-state index >= 15 is 0 Å². The van der Waals surface area contributed by atoms with Crippen molar-refractivity contribution < 1.29 is 19.1 Å². The number of esters is 1. The van der Waals surface area contributed by atoms with Crippen LogP contribution in [0.2, 0.25) is 0 Å². The Balaban J connectivity index is 1.65. The molecule has 128 valence electrons. The van der Waals surface area contributed by atoms with E-state index in [0.717, 1.165) is 15.6 Å². The lowest BCUT2D eigenvalue weighted by molar-refractivity contribution is -0.119. The SMILES string of the molecule is COc1ccccc1NC(=O)COC(=O)c1sc2ccccc2c1C. The van der Waals surface area contributed by atoms with Gasteiger partial charge in [0.25, 0.3) is 5.91 Å². The van der Waals surface area contributed by atoms with Crippen LogP contribution in [0.25, 0.3) is 10.1 Å². The molecule has 1 amide bonds. The average Bonchev–Trinajstić information content (AvgIpc) is 2.97. The van der Waals surface area contributed by atoms with Crippen molar-refractivity contribution in [3.63, 3.8) is 0 Å². The van der Waals surface area contributed by atoms with E-state index < -0.39 is 11.9 Å². The third kappa shape index (κ3) is 3.64. The normalized spacial score (nSPS) is 10.5. The van der Waals surface area contributed by atoms with Gasteiger partial charge in [-0.05, 0) is 36.1 Å². The molecule has 0 bridgehead atoms. The molecule has 1 aromatic heterocycles. The summed E-state index contributed by atoms with van der Waals surface area (Å²) in [4.78, 5) is 24.9. The lowest BCUT2D eigenvalue weighted by atomic mass is 10.1. The number of thiophene rings is 1. The topological polar surface area (TPSA) is 64.6 Å². The van der Waals surface area contributed by atoms with E-state index in [1.54, 1.807) is 24.3 Å². The van der Waals surface area contributed by atoms with Gasteiger partial charge in [0.15, 0.2) is 6.61 Å². The summed E-state index contributed by atoms with van der Waals surface area (Å²) < 4.78 is 11.4. The van der Waals surface area contributed by atoms with Crippen LogP contribution in [0.1, 0.15) is 15.2 Å². The Kier molecular flexibility index (Phi) is 5.00. The lowest BCUT2D eigenvalue weighted by Gasteiger charge is -2.10. The van der Waals surface area contributed by atoms with E-state index in [1.807, 2.05) is 31.2 Å². The monoisotopic (exact) mass is 355 g/mol. The summed E-state index contributed by atoms with van der Waals surface area (Å²) in [6, 6.07) is 14.8. The number of benzene rings is 2. The smallest absolute Gasteiger partial charge is 0.349 e. The standard InChI is InChI=1S/C19H17NO4S/c1-12-13-7-3-6-10-16(13)25-18(12)19(22)24-11-17(21)20-14-8-4-5-9-15(14)23-2/h3-10H,11H2,1-2H3,(H,20,21). The van der Waals surface area contributed by atoms with E-state index in [4.69, 9.17) is 9.47 Å². The number of para-hydroxylation sites is 2. The zero-order valence-corrected chi connectivity index (χ0v) is 14.7. The van der Waals surface area contributed by atoms with Crippen molar-refractivity contribution in [2.24, 2.45) is 0 Å². The van der Waals surface area contributed by atoms with Crippen molar-refractivity contribution in [2.45, 2.75) is 6.92 Å². The van der Waals surface area contributed by atoms with Gasteiger partial charge >= 0.3 is 5.97 Å². The van der Waals surface area contributed by atoms with Crippen LogP contribution in [-0.4, -0.2) is 25.6 Å². The number of hydrogen-bond acceptors (Lipinski definition) is 5. The molecule has 0 aliphatic heterocycles. The summed E-state index contributed by atoms with van der Waals surface area (Å²) in [6.07, 6.45) is 0. The number of aryl methyl sites for hydroxylation is 1. The summed E-state index contributed by atoms with van der Waals surface area (Å²) in [5, 5.41) is 3.70. The van der Waals surface area contributed by atoms with Crippen LogP contribution in [0.15, 0.2) is 48.5 Å². The Labute approximate surface area is 149 Å². The predicted octanol–water partition coefficient (Wildman–Crippen LogP) is 4.01. The largest absolute Gasteiger partial charge is 0.495 e. The van der Waals surface area contributed by atoms with Crippen LogP contribution in [0.4, 0.5) is 5.69 Å². The van der Waals surface area contributed by atoms with Crippen molar-refractivity contribution in [1.82, 2.24) is 0 Å². The Hall–Kier alpha value is -2.86. The molecule has 0 saturated carbocycles. The van der Waals surface area contributed by atoms with E-state index in [2.05, 4.69) is 5.32 Å². The van der Waals surface area contributed by atoms with Gasteiger partial charge in [-0.15, -0.1) is 11.3 Å². The number of carbonyl (C=O) groups is 2. The number of rotatable bonds is 5. The highest BCUT2D eigenvalue weighted by Crippen LogP contribution is 2.31. The van der Waals surface area contributed by atoms with Gasteiger partial charge in [-0.25, -0.2) is 4.79 Å². The number of ether oxygens (including phenoxy) is 2. The number of carbonyl (C=O) groups excluding carboxylic acids is 2. The molecule has 0 aliphatic rings. The first-order valence-corrected chi connectivity index (χ1v) is 8.50. The van der Waals surface area contributed by atoms with Gasteiger partial charge in [0.05, 0.1) is 12.8 Å². The Morgan fingerprint density at radius 2 is 1.80 bits per heavy atom. The van der Waals surface area contributed by atoms with Crippen LogP contribution < -0.4 is 10.1 Å². The highest BCUT2D eigenvalue weighted by atomic mass is 32.1. The minimum atomic E-state index is -0.492. The second-order valence-electron chi connectivity index (χ2n) is 5.38. The van der Waals surface area contributed by atoms with E-state index in [-0.39, 0.29) is 6.61 Å². The summed E-state index contributed by atoms with van der Waals surface area (Å²) in [7, 11) is 1.52. The minimum Gasteiger partial charge on any atom is -0.495 e. The summed E-state index contributed by atoms with van der Waals surface area (Å²) in [5.74, 6) is -0.368. The van der Waals surface area contributed by atoms with Crippen LogP contribution in [0.5, 0.6) is 5.75 Å². The highest BCUT2D eigenvalue weighted by molar-refractivity contribution is 7.21. The van der Waals surface area contributed by atoms with Crippen molar-refractivity contribution in [3.05, 3.63) is 59.0 Å². The number of hydrogen-bond donors (Lipinski definition) is 1. The maximum absolute atomic E-state index is 12.3. The Bertz CT molecular complexity index is 932.